The van der Waals surface area contributed by atoms with E-state index in [4.69, 9.17) is 9.26 Å². The van der Waals surface area contributed by atoms with Gasteiger partial charge in [0.15, 0.2) is 0 Å². The number of hydrogen-bond acceptors (Lipinski definition) is 6. The van der Waals surface area contributed by atoms with Crippen molar-refractivity contribution in [2.75, 3.05) is 27.2 Å². The maximum absolute atomic E-state index is 5.84. The first kappa shape index (κ1) is 15.2. The molecule has 0 atom stereocenters. The third-order valence-electron chi connectivity index (χ3n) is 3.28. The van der Waals surface area contributed by atoms with Gasteiger partial charge in [-0.25, -0.2) is 0 Å². The van der Waals surface area contributed by atoms with Crippen molar-refractivity contribution in [3.63, 3.8) is 0 Å². The number of aromatic nitrogens is 3. The average molecular weight is 310 g/mol. The fourth-order valence-electron chi connectivity index (χ4n) is 2.06. The minimum absolute atomic E-state index is 0.442. The largest absolute Gasteiger partial charge is 0.491 e. The van der Waals surface area contributed by atoms with Crippen LogP contribution >= 0.6 is 0 Å². The molecule has 0 aliphatic heterocycles. The third-order valence-corrected chi connectivity index (χ3v) is 3.28. The van der Waals surface area contributed by atoms with E-state index in [1.54, 1.807) is 12.4 Å². The topological polar surface area (TPSA) is 64.3 Å². The Bertz CT molecular complexity index is 756. The Kier molecular flexibility index (Phi) is 4.63. The van der Waals surface area contributed by atoms with E-state index in [0.717, 1.165) is 23.4 Å². The number of para-hydroxylation sites is 1. The van der Waals surface area contributed by atoms with Gasteiger partial charge in [-0.1, -0.05) is 17.3 Å². The van der Waals surface area contributed by atoms with E-state index in [0.29, 0.717) is 18.3 Å². The van der Waals surface area contributed by atoms with Crippen molar-refractivity contribution in [2.45, 2.75) is 0 Å². The first-order chi connectivity index (χ1) is 11.2. The summed E-state index contributed by atoms with van der Waals surface area (Å²) >= 11 is 0. The van der Waals surface area contributed by atoms with Gasteiger partial charge in [-0.2, -0.15) is 4.98 Å². The van der Waals surface area contributed by atoms with E-state index < -0.39 is 0 Å². The first-order valence-corrected chi connectivity index (χ1v) is 7.35. The van der Waals surface area contributed by atoms with Gasteiger partial charge in [0.2, 0.25) is 5.82 Å². The number of nitrogens with zero attached hydrogens (tertiary/aromatic N) is 4. The Hall–Kier alpha value is -2.73. The summed E-state index contributed by atoms with van der Waals surface area (Å²) < 4.78 is 11.2. The van der Waals surface area contributed by atoms with Crippen LogP contribution in [0.25, 0.3) is 22.8 Å². The summed E-state index contributed by atoms with van der Waals surface area (Å²) in [5, 5.41) is 4.03. The van der Waals surface area contributed by atoms with Crippen LogP contribution < -0.4 is 4.74 Å². The molecular formula is C17H18N4O2. The van der Waals surface area contributed by atoms with Crippen LogP contribution in [0.5, 0.6) is 5.75 Å². The van der Waals surface area contributed by atoms with Crippen LogP contribution in [0.15, 0.2) is 53.3 Å². The van der Waals surface area contributed by atoms with Gasteiger partial charge in [0, 0.05) is 24.5 Å². The average Bonchev–Trinajstić information content (AvgIpc) is 3.06. The second-order valence-electron chi connectivity index (χ2n) is 5.31. The highest BCUT2D eigenvalue weighted by Crippen LogP contribution is 2.29. The second kappa shape index (κ2) is 7.02. The molecule has 0 N–H and O–H groups in total. The van der Waals surface area contributed by atoms with Crippen LogP contribution in [0, 0.1) is 0 Å². The van der Waals surface area contributed by atoms with Crippen molar-refractivity contribution >= 4 is 0 Å². The molecular weight excluding hydrogens is 292 g/mol. The summed E-state index contributed by atoms with van der Waals surface area (Å²) in [4.78, 5) is 10.5. The normalized spacial score (nSPS) is 10.9. The van der Waals surface area contributed by atoms with E-state index >= 15 is 0 Å². The Morgan fingerprint density at radius 3 is 2.65 bits per heavy atom. The lowest BCUT2D eigenvalue weighted by Gasteiger charge is -2.12. The van der Waals surface area contributed by atoms with E-state index in [1.165, 1.54) is 0 Å². The van der Waals surface area contributed by atoms with Gasteiger partial charge in [-0.15, -0.1) is 0 Å². The van der Waals surface area contributed by atoms with Crippen molar-refractivity contribution < 1.29 is 9.26 Å². The van der Waals surface area contributed by atoms with Crippen molar-refractivity contribution in [1.29, 1.82) is 0 Å². The third kappa shape index (κ3) is 3.73. The number of rotatable bonds is 6. The maximum Gasteiger partial charge on any atom is 0.262 e. The van der Waals surface area contributed by atoms with Gasteiger partial charge in [0.25, 0.3) is 5.89 Å². The highest BCUT2D eigenvalue weighted by Gasteiger charge is 2.14. The number of hydrogen-bond donors (Lipinski definition) is 0. The maximum atomic E-state index is 5.84. The Labute approximate surface area is 134 Å². The fourth-order valence-corrected chi connectivity index (χ4v) is 2.06. The minimum atomic E-state index is 0.442. The predicted octanol–water partition coefficient (Wildman–Crippen LogP) is 2.74. The molecule has 0 saturated heterocycles. The molecule has 3 rings (SSSR count). The van der Waals surface area contributed by atoms with Crippen LogP contribution in [0.1, 0.15) is 0 Å². The number of pyridine rings is 1. The van der Waals surface area contributed by atoms with E-state index in [2.05, 4.69) is 20.0 Å². The molecule has 0 fully saturated rings. The Balaban J connectivity index is 1.83. The number of benzene rings is 1. The molecule has 3 aromatic rings. The highest BCUT2D eigenvalue weighted by molar-refractivity contribution is 5.65. The molecule has 0 saturated carbocycles. The van der Waals surface area contributed by atoms with Gasteiger partial charge < -0.3 is 14.2 Å². The molecule has 6 nitrogen and oxygen atoms in total. The molecule has 0 amide bonds. The first-order valence-electron chi connectivity index (χ1n) is 7.35. The lowest BCUT2D eigenvalue weighted by Crippen LogP contribution is -2.19. The zero-order chi connectivity index (χ0) is 16.1. The van der Waals surface area contributed by atoms with E-state index in [9.17, 15) is 0 Å². The summed E-state index contributed by atoms with van der Waals surface area (Å²) in [6, 6.07) is 11.3. The standard InChI is InChI=1S/C17H18N4O2/c1-21(2)11-12-22-15-6-4-3-5-14(15)17-19-16(20-23-17)13-7-9-18-10-8-13/h3-10H,11-12H2,1-2H3. The lowest BCUT2D eigenvalue weighted by molar-refractivity contribution is 0.261. The smallest absolute Gasteiger partial charge is 0.262 e. The lowest BCUT2D eigenvalue weighted by atomic mass is 10.2. The molecule has 1 aromatic carbocycles. The summed E-state index contributed by atoms with van der Waals surface area (Å²) in [7, 11) is 4.02. The molecule has 118 valence electrons. The van der Waals surface area contributed by atoms with Crippen LogP contribution in [-0.2, 0) is 0 Å². The molecule has 2 heterocycles. The van der Waals surface area contributed by atoms with Crippen molar-refractivity contribution in [1.82, 2.24) is 20.0 Å². The molecule has 2 aromatic heterocycles. The summed E-state index contributed by atoms with van der Waals surface area (Å²) in [6.45, 7) is 1.43. The summed E-state index contributed by atoms with van der Waals surface area (Å²) in [5.74, 6) is 1.71. The fraction of sp³-hybridized carbons (Fsp3) is 0.235. The summed E-state index contributed by atoms with van der Waals surface area (Å²) in [5.41, 5.74) is 1.65. The monoisotopic (exact) mass is 310 g/mol. The zero-order valence-electron chi connectivity index (χ0n) is 13.1. The van der Waals surface area contributed by atoms with Gasteiger partial charge in [-0.3, -0.25) is 4.98 Å². The van der Waals surface area contributed by atoms with Crippen molar-refractivity contribution in [3.05, 3.63) is 48.8 Å². The highest BCUT2D eigenvalue weighted by atomic mass is 16.5. The van der Waals surface area contributed by atoms with Gasteiger partial charge >= 0.3 is 0 Å². The van der Waals surface area contributed by atoms with Crippen LogP contribution in [0.2, 0.25) is 0 Å². The van der Waals surface area contributed by atoms with Crippen LogP contribution in [0.4, 0.5) is 0 Å². The molecule has 0 unspecified atom stereocenters. The Morgan fingerprint density at radius 2 is 1.87 bits per heavy atom. The van der Waals surface area contributed by atoms with Gasteiger partial charge in [-0.05, 0) is 38.4 Å². The molecule has 0 spiro atoms. The SMILES string of the molecule is CN(C)CCOc1ccccc1-c1nc(-c2ccncc2)no1. The van der Waals surface area contributed by atoms with Gasteiger partial charge in [0.1, 0.15) is 12.4 Å². The van der Waals surface area contributed by atoms with Crippen LogP contribution in [0.3, 0.4) is 0 Å². The quantitative estimate of drug-likeness (QED) is 0.697. The molecule has 23 heavy (non-hydrogen) atoms. The van der Waals surface area contributed by atoms with Gasteiger partial charge in [0.05, 0.1) is 5.56 Å². The zero-order valence-corrected chi connectivity index (χ0v) is 13.1. The summed E-state index contributed by atoms with van der Waals surface area (Å²) in [6.07, 6.45) is 3.40. The molecule has 0 aliphatic carbocycles. The second-order valence-corrected chi connectivity index (χ2v) is 5.31. The number of ether oxygens (including phenoxy) is 1. The van der Waals surface area contributed by atoms with E-state index in [-0.39, 0.29) is 0 Å². The molecule has 0 radical (unpaired) electrons. The molecule has 6 heteroatoms. The predicted molar refractivity (Wildman–Crippen MR) is 87.0 cm³/mol. The van der Waals surface area contributed by atoms with E-state index in [1.807, 2.05) is 50.5 Å². The van der Waals surface area contributed by atoms with Crippen LogP contribution in [-0.4, -0.2) is 47.3 Å². The van der Waals surface area contributed by atoms with Crippen molar-refractivity contribution in [3.8, 4) is 28.6 Å². The van der Waals surface area contributed by atoms with Crippen molar-refractivity contribution in [2.24, 2.45) is 0 Å². The number of likely N-dealkylation sites (N-methyl/N-ethyl adjacent to an activating group) is 1. The molecule has 0 aliphatic rings. The molecule has 0 bridgehead atoms. The Morgan fingerprint density at radius 1 is 1.09 bits per heavy atom. The minimum Gasteiger partial charge on any atom is -0.491 e.